The Morgan fingerprint density at radius 1 is 1.12 bits per heavy atom. The lowest BCUT2D eigenvalue weighted by Crippen LogP contribution is -2.48. The average Bonchev–Trinajstić information content (AvgIpc) is 3.57. The van der Waals surface area contributed by atoms with Crippen molar-refractivity contribution in [2.45, 2.75) is 82.1 Å². The summed E-state index contributed by atoms with van der Waals surface area (Å²) in [5, 5.41) is 16.6. The third kappa shape index (κ3) is 6.54. The van der Waals surface area contributed by atoms with Crippen LogP contribution in [0.3, 0.4) is 0 Å². The second kappa shape index (κ2) is 14.4. The number of hydrogen-bond acceptors (Lipinski definition) is 7. The molecule has 3 aromatic carbocycles. The lowest BCUT2D eigenvalue weighted by atomic mass is 9.82. The molecule has 276 valence electrons. The summed E-state index contributed by atoms with van der Waals surface area (Å²) >= 11 is 0. The molecular weight excluding hydrogens is 680 g/mol. The van der Waals surface area contributed by atoms with Gasteiger partial charge in [0.25, 0.3) is 5.91 Å². The number of rotatable bonds is 9. The molecule has 4 aliphatic heterocycles. The summed E-state index contributed by atoms with van der Waals surface area (Å²) in [5.41, 5.74) is 2.73. The molecule has 2 saturated heterocycles. The minimum absolute atomic E-state index is 0.00855. The van der Waals surface area contributed by atoms with Crippen LogP contribution in [0.2, 0.25) is 18.6 Å². The normalized spacial score (nSPS) is 27.0. The molecule has 52 heavy (non-hydrogen) atoms. The van der Waals surface area contributed by atoms with Gasteiger partial charge in [-0.1, -0.05) is 43.3 Å². The number of aliphatic hydroxyl groups excluding tert-OH is 1. The summed E-state index contributed by atoms with van der Waals surface area (Å²) in [6, 6.07) is 20.4. The van der Waals surface area contributed by atoms with Crippen molar-refractivity contribution in [2.24, 2.45) is 11.8 Å². The first-order chi connectivity index (χ1) is 24.9. The maximum absolute atomic E-state index is 16.5. The monoisotopic (exact) mass is 728 g/mol. The molecular formula is C40H49FN4O6Si. The van der Waals surface area contributed by atoms with Gasteiger partial charge in [0, 0.05) is 35.8 Å². The van der Waals surface area contributed by atoms with E-state index in [1.54, 1.807) is 42.1 Å². The molecule has 0 aromatic heterocycles. The Hall–Kier alpha value is -4.10. The molecule has 0 saturated carbocycles. The highest BCUT2D eigenvalue weighted by Crippen LogP contribution is 2.60. The molecule has 6 atom stereocenters. The van der Waals surface area contributed by atoms with Crippen LogP contribution in [0.1, 0.15) is 48.4 Å². The SMILES string of the molecule is COc1ccc2c(c1)[C@]1(O[C@@H](CC(=O)N3Cc4ccccc4C[C@H]3CO)[C@H]([Si](C)(C)F)[C@H]1C)C(=O)N2Cc1ccc(NC(=O)C2CCCNC2)cc1. The molecule has 0 aliphatic carbocycles. The zero-order valence-electron chi connectivity index (χ0n) is 30.4. The van der Waals surface area contributed by atoms with E-state index in [9.17, 15) is 19.5 Å². The molecule has 3 amide bonds. The number of fused-ring (bicyclic) bond motifs is 3. The van der Waals surface area contributed by atoms with Crippen LogP contribution >= 0.6 is 0 Å². The molecule has 0 bridgehead atoms. The van der Waals surface area contributed by atoms with E-state index in [1.807, 2.05) is 61.5 Å². The van der Waals surface area contributed by atoms with Gasteiger partial charge in [-0.3, -0.25) is 14.4 Å². The van der Waals surface area contributed by atoms with Gasteiger partial charge in [-0.05, 0) is 85.9 Å². The van der Waals surface area contributed by atoms with Crippen LogP contribution in [0.15, 0.2) is 66.7 Å². The van der Waals surface area contributed by atoms with Gasteiger partial charge in [0.2, 0.25) is 20.2 Å². The Labute approximate surface area is 305 Å². The number of amides is 3. The third-order valence-corrected chi connectivity index (χ3v) is 14.1. The van der Waals surface area contributed by atoms with Crippen molar-refractivity contribution < 1.29 is 33.1 Å². The number of anilines is 2. The van der Waals surface area contributed by atoms with Gasteiger partial charge in [-0.2, -0.15) is 0 Å². The molecule has 10 nitrogen and oxygen atoms in total. The summed E-state index contributed by atoms with van der Waals surface area (Å²) in [6.45, 7) is 7.11. The number of piperidine rings is 1. The summed E-state index contributed by atoms with van der Waals surface area (Å²) in [4.78, 5) is 45.2. The van der Waals surface area contributed by atoms with E-state index in [0.29, 0.717) is 42.2 Å². The predicted octanol–water partition coefficient (Wildman–Crippen LogP) is 5.29. The molecule has 3 aromatic rings. The summed E-state index contributed by atoms with van der Waals surface area (Å²) in [6.07, 6.45) is 1.40. The minimum atomic E-state index is -3.53. The summed E-state index contributed by atoms with van der Waals surface area (Å²) < 4.78 is 29.0. The van der Waals surface area contributed by atoms with Crippen LogP contribution in [-0.2, 0) is 44.2 Å². The van der Waals surface area contributed by atoms with E-state index in [2.05, 4.69) is 10.6 Å². The maximum Gasteiger partial charge on any atom is 0.264 e. The molecule has 12 heteroatoms. The molecule has 0 radical (unpaired) electrons. The van der Waals surface area contributed by atoms with E-state index < -0.39 is 37.6 Å². The molecule has 2 fully saturated rings. The zero-order valence-corrected chi connectivity index (χ0v) is 31.4. The van der Waals surface area contributed by atoms with E-state index in [0.717, 1.165) is 36.1 Å². The van der Waals surface area contributed by atoms with Crippen LogP contribution in [0, 0.1) is 11.8 Å². The Morgan fingerprint density at radius 3 is 2.54 bits per heavy atom. The van der Waals surface area contributed by atoms with Gasteiger partial charge in [0.05, 0.1) is 50.4 Å². The van der Waals surface area contributed by atoms with Gasteiger partial charge in [0.15, 0.2) is 5.60 Å². The lowest BCUT2D eigenvalue weighted by molar-refractivity contribution is -0.151. The smallest absolute Gasteiger partial charge is 0.264 e. The van der Waals surface area contributed by atoms with Crippen LogP contribution in [-0.4, -0.2) is 75.1 Å². The van der Waals surface area contributed by atoms with Crippen LogP contribution in [0.5, 0.6) is 5.75 Å². The molecule has 3 N–H and O–H groups in total. The van der Waals surface area contributed by atoms with Gasteiger partial charge in [-0.15, -0.1) is 0 Å². The fraction of sp³-hybridized carbons (Fsp3) is 0.475. The first kappa shape index (κ1) is 36.3. The number of aliphatic hydroxyl groups is 1. The van der Waals surface area contributed by atoms with E-state index in [1.165, 1.54) is 0 Å². The van der Waals surface area contributed by atoms with Crippen molar-refractivity contribution >= 4 is 37.5 Å². The quantitative estimate of drug-likeness (QED) is 0.202. The van der Waals surface area contributed by atoms with Gasteiger partial charge >= 0.3 is 0 Å². The van der Waals surface area contributed by atoms with E-state index in [-0.39, 0.29) is 43.2 Å². The van der Waals surface area contributed by atoms with Gasteiger partial charge in [0.1, 0.15) is 5.75 Å². The van der Waals surface area contributed by atoms with Crippen LogP contribution in [0.4, 0.5) is 15.5 Å². The number of nitrogens with zero attached hydrogens (tertiary/aromatic N) is 2. The third-order valence-electron chi connectivity index (χ3n) is 11.7. The van der Waals surface area contributed by atoms with E-state index in [4.69, 9.17) is 9.47 Å². The second-order valence-corrected chi connectivity index (χ2v) is 19.1. The van der Waals surface area contributed by atoms with Crippen LogP contribution in [0.25, 0.3) is 0 Å². The van der Waals surface area contributed by atoms with Crippen molar-refractivity contribution in [3.8, 4) is 5.75 Å². The highest BCUT2D eigenvalue weighted by Gasteiger charge is 2.67. The van der Waals surface area contributed by atoms with Crippen LogP contribution < -0.4 is 20.3 Å². The Kier molecular flexibility index (Phi) is 10.0. The van der Waals surface area contributed by atoms with Gasteiger partial charge in [-0.25, -0.2) is 0 Å². The average molecular weight is 729 g/mol. The minimum Gasteiger partial charge on any atom is -0.497 e. The first-order valence-electron chi connectivity index (χ1n) is 18.4. The number of nitrogens with one attached hydrogen (secondary N) is 2. The molecule has 4 heterocycles. The standard InChI is InChI=1S/C40H49FN4O6Si/c1-25-37(52(3,4)41)35(20-36(47)44-23-29-9-6-5-8-27(29)18-31(44)24-46)51-40(25)33-19-32(50-2)15-16-34(33)45(39(40)49)22-26-11-13-30(14-12-26)43-38(48)28-10-7-17-42-21-28/h5-6,8-9,11-16,19,25,28,31,35,37,42,46H,7,10,17-18,20-24H2,1-4H3,(H,43,48)/t25-,28?,31+,35+,37-,40+/m1/s1. The van der Waals surface area contributed by atoms with Crippen molar-refractivity contribution in [1.29, 1.82) is 0 Å². The summed E-state index contributed by atoms with van der Waals surface area (Å²) in [7, 11) is -1.97. The first-order valence-corrected chi connectivity index (χ1v) is 21.3. The number of methoxy groups -OCH3 is 1. The topological polar surface area (TPSA) is 120 Å². The Balaban J connectivity index is 1.16. The summed E-state index contributed by atoms with van der Waals surface area (Å²) in [5.74, 6) is -0.646. The second-order valence-electron chi connectivity index (χ2n) is 15.3. The Morgan fingerprint density at radius 2 is 1.87 bits per heavy atom. The molecule has 1 unspecified atom stereocenters. The number of carbonyl (C=O) groups is 3. The molecule has 1 spiro atoms. The highest BCUT2D eigenvalue weighted by molar-refractivity contribution is 6.72. The number of halogens is 1. The zero-order chi connectivity index (χ0) is 36.8. The van der Waals surface area contributed by atoms with Crippen molar-refractivity contribution in [3.63, 3.8) is 0 Å². The fourth-order valence-corrected chi connectivity index (χ4v) is 11.5. The molecule has 7 rings (SSSR count). The maximum atomic E-state index is 16.5. The number of ether oxygens (including phenoxy) is 2. The van der Waals surface area contributed by atoms with E-state index >= 15 is 4.11 Å². The molecule has 4 aliphatic rings. The number of carbonyl (C=O) groups excluding carboxylic acids is 3. The largest absolute Gasteiger partial charge is 0.497 e. The Bertz CT molecular complexity index is 1830. The lowest BCUT2D eigenvalue weighted by Gasteiger charge is -2.37. The van der Waals surface area contributed by atoms with Crippen molar-refractivity contribution in [1.82, 2.24) is 10.2 Å². The van der Waals surface area contributed by atoms with Gasteiger partial charge < -0.3 is 39.1 Å². The predicted molar refractivity (Wildman–Crippen MR) is 199 cm³/mol. The van der Waals surface area contributed by atoms with Crippen molar-refractivity contribution in [3.05, 3.63) is 89.0 Å². The van der Waals surface area contributed by atoms with Crippen molar-refractivity contribution in [2.75, 3.05) is 37.0 Å². The fourth-order valence-electron chi connectivity index (χ4n) is 9.04. The number of hydrogen-bond donors (Lipinski definition) is 3. The number of benzene rings is 3. The highest BCUT2D eigenvalue weighted by atomic mass is 28.4.